The summed E-state index contributed by atoms with van der Waals surface area (Å²) in [5.74, 6) is -0.159. The van der Waals surface area contributed by atoms with Gasteiger partial charge in [-0.1, -0.05) is 17.4 Å². The first-order chi connectivity index (χ1) is 8.19. The number of esters is 1. The van der Waals surface area contributed by atoms with Crippen LogP contribution in [-0.2, 0) is 16.0 Å². The van der Waals surface area contributed by atoms with Gasteiger partial charge in [0, 0.05) is 6.42 Å². The van der Waals surface area contributed by atoms with Crippen molar-refractivity contribution in [3.05, 3.63) is 23.8 Å². The van der Waals surface area contributed by atoms with Crippen LogP contribution < -0.4 is 5.73 Å². The third kappa shape index (κ3) is 2.94. The number of carbonyl (C=O) groups excluding carboxylic acids is 1. The molecule has 1 aromatic heterocycles. The van der Waals surface area contributed by atoms with Crippen LogP contribution in [0.1, 0.15) is 18.4 Å². The first-order valence-electron chi connectivity index (χ1n) is 5.41. The Morgan fingerprint density at radius 3 is 3.12 bits per heavy atom. The minimum atomic E-state index is -0.159. The molecular formula is C12H14N2O2S. The minimum absolute atomic E-state index is 0.159. The number of hydrogen-bond donors (Lipinski definition) is 1. The normalized spacial score (nSPS) is 10.6. The lowest BCUT2D eigenvalue weighted by molar-refractivity contribution is -0.140. The summed E-state index contributed by atoms with van der Waals surface area (Å²) in [5, 5.41) is 0.590. The molecule has 2 N–H and O–H groups in total. The zero-order chi connectivity index (χ0) is 12.3. The van der Waals surface area contributed by atoms with Gasteiger partial charge in [0.05, 0.1) is 17.3 Å². The number of benzene rings is 1. The first-order valence-corrected chi connectivity index (χ1v) is 6.22. The van der Waals surface area contributed by atoms with Crippen LogP contribution in [0.25, 0.3) is 10.2 Å². The molecule has 2 rings (SSSR count). The average molecular weight is 250 g/mol. The SMILES string of the molecule is COC(=O)CCCc1ccc2nc(N)sc2c1. The van der Waals surface area contributed by atoms with Gasteiger partial charge in [0.15, 0.2) is 5.13 Å². The lowest BCUT2D eigenvalue weighted by Gasteiger charge is -2.00. The number of nitrogens with zero attached hydrogens (tertiary/aromatic N) is 1. The molecule has 0 spiro atoms. The molecule has 4 nitrogen and oxygen atoms in total. The van der Waals surface area contributed by atoms with Gasteiger partial charge in [-0.05, 0) is 30.5 Å². The van der Waals surface area contributed by atoms with Gasteiger partial charge in [-0.25, -0.2) is 4.98 Å². The van der Waals surface area contributed by atoms with E-state index in [1.165, 1.54) is 24.0 Å². The number of aromatic nitrogens is 1. The first kappa shape index (κ1) is 11.9. The van der Waals surface area contributed by atoms with E-state index in [4.69, 9.17) is 5.73 Å². The van der Waals surface area contributed by atoms with E-state index in [9.17, 15) is 4.79 Å². The number of methoxy groups -OCH3 is 1. The summed E-state index contributed by atoms with van der Waals surface area (Å²) in [7, 11) is 1.41. The van der Waals surface area contributed by atoms with Crippen LogP contribution in [0.15, 0.2) is 18.2 Å². The third-order valence-corrected chi connectivity index (χ3v) is 3.39. The van der Waals surface area contributed by atoms with E-state index in [1.54, 1.807) is 0 Å². The Morgan fingerprint density at radius 1 is 1.53 bits per heavy atom. The number of fused-ring (bicyclic) bond motifs is 1. The third-order valence-electron chi connectivity index (χ3n) is 2.54. The Morgan fingerprint density at radius 2 is 2.35 bits per heavy atom. The highest BCUT2D eigenvalue weighted by Crippen LogP contribution is 2.25. The fourth-order valence-corrected chi connectivity index (χ4v) is 2.48. The number of hydrogen-bond acceptors (Lipinski definition) is 5. The van der Waals surface area contributed by atoms with E-state index in [0.717, 1.165) is 23.1 Å². The number of carbonyl (C=O) groups is 1. The highest BCUT2D eigenvalue weighted by Gasteiger charge is 2.04. The molecule has 0 bridgehead atoms. The summed E-state index contributed by atoms with van der Waals surface area (Å²) in [6.07, 6.45) is 2.12. The predicted octanol–water partition coefficient (Wildman–Crippen LogP) is 2.37. The standard InChI is InChI=1S/C12H14N2O2S/c1-16-11(15)4-2-3-8-5-6-9-10(7-8)17-12(13)14-9/h5-7H,2-4H2,1H3,(H2,13,14). The second-order valence-electron chi connectivity index (χ2n) is 3.78. The molecule has 0 saturated carbocycles. The summed E-state index contributed by atoms with van der Waals surface area (Å²) in [5.41, 5.74) is 7.78. The molecule has 5 heteroatoms. The van der Waals surface area contributed by atoms with Crippen LogP contribution in [0.2, 0.25) is 0 Å². The van der Waals surface area contributed by atoms with Crippen molar-refractivity contribution in [1.82, 2.24) is 4.98 Å². The highest BCUT2D eigenvalue weighted by molar-refractivity contribution is 7.22. The maximum Gasteiger partial charge on any atom is 0.305 e. The molecule has 17 heavy (non-hydrogen) atoms. The maximum absolute atomic E-state index is 11.0. The van der Waals surface area contributed by atoms with Crippen molar-refractivity contribution in [3.63, 3.8) is 0 Å². The Labute approximate surface area is 103 Å². The van der Waals surface area contributed by atoms with E-state index in [-0.39, 0.29) is 5.97 Å². The molecule has 0 saturated heterocycles. The molecular weight excluding hydrogens is 236 g/mol. The highest BCUT2D eigenvalue weighted by atomic mass is 32.1. The summed E-state index contributed by atoms with van der Waals surface area (Å²) in [6, 6.07) is 6.08. The number of rotatable bonds is 4. The summed E-state index contributed by atoms with van der Waals surface area (Å²) < 4.78 is 5.69. The van der Waals surface area contributed by atoms with Crippen molar-refractivity contribution in [2.75, 3.05) is 12.8 Å². The zero-order valence-corrected chi connectivity index (χ0v) is 10.4. The van der Waals surface area contributed by atoms with Crippen molar-refractivity contribution in [2.45, 2.75) is 19.3 Å². The number of thiazole rings is 1. The maximum atomic E-state index is 11.0. The summed E-state index contributed by atoms with van der Waals surface area (Å²) in [4.78, 5) is 15.2. The predicted molar refractivity (Wildman–Crippen MR) is 69.0 cm³/mol. The molecule has 0 fully saturated rings. The van der Waals surface area contributed by atoms with E-state index < -0.39 is 0 Å². The van der Waals surface area contributed by atoms with Crippen LogP contribution in [-0.4, -0.2) is 18.1 Å². The fourth-order valence-electron chi connectivity index (χ4n) is 1.68. The van der Waals surface area contributed by atoms with E-state index in [0.29, 0.717) is 11.6 Å². The monoisotopic (exact) mass is 250 g/mol. The van der Waals surface area contributed by atoms with Crippen LogP contribution in [0.4, 0.5) is 5.13 Å². The molecule has 1 aromatic carbocycles. The number of aryl methyl sites for hydroxylation is 1. The summed E-state index contributed by atoms with van der Waals surface area (Å²) >= 11 is 1.49. The molecule has 90 valence electrons. The average Bonchev–Trinajstić information content (AvgIpc) is 2.68. The molecule has 0 radical (unpaired) electrons. The minimum Gasteiger partial charge on any atom is -0.469 e. The molecule has 0 atom stereocenters. The van der Waals surface area contributed by atoms with E-state index in [1.807, 2.05) is 12.1 Å². The van der Waals surface area contributed by atoms with Gasteiger partial charge in [-0.2, -0.15) is 0 Å². The number of anilines is 1. The molecule has 0 aliphatic rings. The smallest absolute Gasteiger partial charge is 0.305 e. The van der Waals surface area contributed by atoms with Crippen LogP contribution >= 0.6 is 11.3 Å². The summed E-state index contributed by atoms with van der Waals surface area (Å²) in [6.45, 7) is 0. The number of ether oxygens (including phenoxy) is 1. The quantitative estimate of drug-likeness (QED) is 0.846. The van der Waals surface area contributed by atoms with Crippen molar-refractivity contribution in [3.8, 4) is 0 Å². The second-order valence-corrected chi connectivity index (χ2v) is 4.85. The van der Waals surface area contributed by atoms with E-state index >= 15 is 0 Å². The van der Waals surface area contributed by atoms with Crippen LogP contribution in [0, 0.1) is 0 Å². The molecule has 0 aliphatic heterocycles. The van der Waals surface area contributed by atoms with Gasteiger partial charge in [0.2, 0.25) is 0 Å². The van der Waals surface area contributed by atoms with E-state index in [2.05, 4.69) is 15.8 Å². The van der Waals surface area contributed by atoms with Gasteiger partial charge in [-0.15, -0.1) is 0 Å². The van der Waals surface area contributed by atoms with Gasteiger partial charge < -0.3 is 10.5 Å². The van der Waals surface area contributed by atoms with Gasteiger partial charge in [0.25, 0.3) is 0 Å². The largest absolute Gasteiger partial charge is 0.469 e. The Kier molecular flexibility index (Phi) is 3.58. The number of nitrogens with two attached hydrogens (primary N) is 1. The Bertz CT molecular complexity index is 536. The van der Waals surface area contributed by atoms with Crippen molar-refractivity contribution < 1.29 is 9.53 Å². The molecule has 0 aliphatic carbocycles. The van der Waals surface area contributed by atoms with Gasteiger partial charge >= 0.3 is 5.97 Å². The Balaban J connectivity index is 2.01. The molecule has 2 aromatic rings. The van der Waals surface area contributed by atoms with Crippen molar-refractivity contribution in [1.29, 1.82) is 0 Å². The van der Waals surface area contributed by atoms with Crippen molar-refractivity contribution in [2.24, 2.45) is 0 Å². The zero-order valence-electron chi connectivity index (χ0n) is 9.60. The second kappa shape index (κ2) is 5.14. The van der Waals surface area contributed by atoms with Crippen LogP contribution in [0.5, 0.6) is 0 Å². The van der Waals surface area contributed by atoms with Gasteiger partial charge in [0.1, 0.15) is 0 Å². The van der Waals surface area contributed by atoms with Crippen LogP contribution in [0.3, 0.4) is 0 Å². The lowest BCUT2D eigenvalue weighted by atomic mass is 10.1. The van der Waals surface area contributed by atoms with Gasteiger partial charge in [-0.3, -0.25) is 4.79 Å². The fraction of sp³-hybridized carbons (Fsp3) is 0.333. The molecule has 0 amide bonds. The topological polar surface area (TPSA) is 65.2 Å². The van der Waals surface area contributed by atoms with Crippen molar-refractivity contribution >= 4 is 32.7 Å². The molecule has 0 unspecified atom stereocenters. The molecule has 1 heterocycles. The Hall–Kier alpha value is -1.62. The number of nitrogen functional groups attached to an aromatic ring is 1. The lowest BCUT2D eigenvalue weighted by Crippen LogP contribution is -2.00.